The van der Waals surface area contributed by atoms with Crippen LogP contribution in [0.1, 0.15) is 11.1 Å². The van der Waals surface area contributed by atoms with Gasteiger partial charge in [0, 0.05) is 11.4 Å². The number of hydrogen-bond acceptors (Lipinski definition) is 4. The number of aryl methyl sites for hydroxylation is 1. The fourth-order valence-corrected chi connectivity index (χ4v) is 2.95. The number of benzene rings is 2. The van der Waals surface area contributed by atoms with Crippen LogP contribution in [0.25, 0.3) is 0 Å². The predicted molar refractivity (Wildman–Crippen MR) is 106 cm³/mol. The predicted octanol–water partition coefficient (Wildman–Crippen LogP) is 2.79. The molecule has 0 aromatic heterocycles. The van der Waals surface area contributed by atoms with Gasteiger partial charge in [0.1, 0.15) is 5.75 Å². The Hall–Kier alpha value is -2.25. The van der Waals surface area contributed by atoms with Gasteiger partial charge in [-0.25, -0.2) is 0 Å². The minimum Gasteiger partial charge on any atom is -0.497 e. The lowest BCUT2D eigenvalue weighted by molar-refractivity contribution is -0.119. The number of carbonyl (C=O) groups excluding carboxylic acids is 1. The second kappa shape index (κ2) is 9.90. The maximum atomic E-state index is 11.9. The SMILES string of the molecule is COc1ccc(CNC(=S)NNC(=O)CSc2ccccc2C)cc1. The molecule has 0 saturated carbocycles. The third-order valence-corrected chi connectivity index (χ3v) is 4.80. The number of ether oxygens (including phenoxy) is 1. The molecule has 0 fully saturated rings. The van der Waals surface area contributed by atoms with Crippen molar-refractivity contribution in [3.63, 3.8) is 0 Å². The summed E-state index contributed by atoms with van der Waals surface area (Å²) in [4.78, 5) is 13.0. The van der Waals surface area contributed by atoms with E-state index >= 15 is 0 Å². The lowest BCUT2D eigenvalue weighted by atomic mass is 10.2. The highest BCUT2D eigenvalue weighted by atomic mass is 32.2. The number of rotatable bonds is 6. The monoisotopic (exact) mass is 375 g/mol. The minimum absolute atomic E-state index is 0.137. The topological polar surface area (TPSA) is 62.4 Å². The van der Waals surface area contributed by atoms with Crippen molar-refractivity contribution in [2.45, 2.75) is 18.4 Å². The second-order valence-corrected chi connectivity index (χ2v) is 6.68. The summed E-state index contributed by atoms with van der Waals surface area (Å²) in [6, 6.07) is 15.6. The minimum atomic E-state index is -0.137. The third kappa shape index (κ3) is 6.64. The summed E-state index contributed by atoms with van der Waals surface area (Å²) in [7, 11) is 1.63. The molecule has 2 aromatic carbocycles. The molecule has 0 radical (unpaired) electrons. The Kier molecular flexibility index (Phi) is 7.56. The van der Waals surface area contributed by atoms with Crippen molar-refractivity contribution in [2.75, 3.05) is 12.9 Å². The van der Waals surface area contributed by atoms with Gasteiger partial charge in [-0.3, -0.25) is 15.6 Å². The van der Waals surface area contributed by atoms with E-state index in [4.69, 9.17) is 17.0 Å². The zero-order chi connectivity index (χ0) is 18.1. The number of hydrogen-bond donors (Lipinski definition) is 3. The summed E-state index contributed by atoms with van der Waals surface area (Å²) in [6.45, 7) is 2.58. The van der Waals surface area contributed by atoms with Crippen LogP contribution in [0.4, 0.5) is 0 Å². The Morgan fingerprint density at radius 3 is 2.52 bits per heavy atom. The molecule has 2 rings (SSSR count). The van der Waals surface area contributed by atoms with E-state index in [9.17, 15) is 4.79 Å². The van der Waals surface area contributed by atoms with Gasteiger partial charge in [0.25, 0.3) is 0 Å². The molecule has 2 aromatic rings. The number of thiocarbonyl (C=S) groups is 1. The zero-order valence-corrected chi connectivity index (χ0v) is 15.8. The molecule has 3 N–H and O–H groups in total. The molecule has 0 atom stereocenters. The van der Waals surface area contributed by atoms with Crippen molar-refractivity contribution >= 4 is 35.0 Å². The molecule has 0 aliphatic carbocycles. The summed E-state index contributed by atoms with van der Waals surface area (Å²) in [5.74, 6) is 0.989. The quantitative estimate of drug-likeness (QED) is 0.410. The molecule has 0 unspecified atom stereocenters. The van der Waals surface area contributed by atoms with E-state index in [0.29, 0.717) is 17.4 Å². The second-order valence-electron chi connectivity index (χ2n) is 5.26. The van der Waals surface area contributed by atoms with E-state index in [-0.39, 0.29) is 5.91 Å². The van der Waals surface area contributed by atoms with Crippen molar-refractivity contribution in [3.05, 3.63) is 59.7 Å². The average Bonchev–Trinajstić information content (AvgIpc) is 2.64. The molecule has 1 amide bonds. The Labute approximate surface area is 157 Å². The largest absolute Gasteiger partial charge is 0.497 e. The molecular formula is C18H21N3O2S2. The summed E-state index contributed by atoms with van der Waals surface area (Å²) in [6.07, 6.45) is 0. The number of methoxy groups -OCH3 is 1. The summed E-state index contributed by atoms with van der Waals surface area (Å²) < 4.78 is 5.11. The highest BCUT2D eigenvalue weighted by molar-refractivity contribution is 8.00. The molecule has 5 nitrogen and oxygen atoms in total. The molecule has 0 aliphatic heterocycles. The molecule has 25 heavy (non-hydrogen) atoms. The fraction of sp³-hybridized carbons (Fsp3) is 0.222. The lowest BCUT2D eigenvalue weighted by Gasteiger charge is -2.12. The third-order valence-electron chi connectivity index (χ3n) is 3.38. The van der Waals surface area contributed by atoms with Crippen molar-refractivity contribution in [2.24, 2.45) is 0 Å². The molecule has 0 bridgehead atoms. The Morgan fingerprint density at radius 2 is 1.84 bits per heavy atom. The van der Waals surface area contributed by atoms with Gasteiger partial charge in [0.2, 0.25) is 5.91 Å². The first-order valence-corrected chi connectivity index (χ1v) is 9.12. The van der Waals surface area contributed by atoms with Gasteiger partial charge in [0.15, 0.2) is 5.11 Å². The Morgan fingerprint density at radius 1 is 1.12 bits per heavy atom. The highest BCUT2D eigenvalue weighted by Gasteiger charge is 2.05. The average molecular weight is 376 g/mol. The van der Waals surface area contributed by atoms with Crippen LogP contribution in [0.15, 0.2) is 53.4 Å². The van der Waals surface area contributed by atoms with E-state index < -0.39 is 0 Å². The summed E-state index contributed by atoms with van der Waals surface area (Å²) in [5.41, 5.74) is 7.52. The molecule has 7 heteroatoms. The van der Waals surface area contributed by atoms with Crippen molar-refractivity contribution < 1.29 is 9.53 Å². The van der Waals surface area contributed by atoms with Crippen LogP contribution in [-0.2, 0) is 11.3 Å². The summed E-state index contributed by atoms with van der Waals surface area (Å²) in [5, 5.41) is 3.40. The van der Waals surface area contributed by atoms with Crippen LogP contribution in [0.2, 0.25) is 0 Å². The van der Waals surface area contributed by atoms with Crippen molar-refractivity contribution in [1.29, 1.82) is 0 Å². The van der Waals surface area contributed by atoms with Gasteiger partial charge in [0.05, 0.1) is 12.9 Å². The number of nitrogens with one attached hydrogen (secondary N) is 3. The first-order chi connectivity index (χ1) is 12.1. The van der Waals surface area contributed by atoms with Crippen molar-refractivity contribution in [1.82, 2.24) is 16.2 Å². The van der Waals surface area contributed by atoms with Crippen LogP contribution in [0, 0.1) is 6.92 Å². The summed E-state index contributed by atoms with van der Waals surface area (Å²) >= 11 is 6.64. The normalized spacial score (nSPS) is 10.0. The van der Waals surface area contributed by atoms with Crippen LogP contribution in [0.5, 0.6) is 5.75 Å². The Balaban J connectivity index is 1.66. The molecule has 0 heterocycles. The standard InChI is InChI=1S/C18H21N3O2S2/c1-13-5-3-4-6-16(13)25-12-17(22)20-21-18(24)19-11-14-7-9-15(23-2)10-8-14/h3-10H,11-12H2,1-2H3,(H,20,22)(H2,19,21,24). The van der Waals surface area contributed by atoms with Crippen LogP contribution < -0.4 is 20.9 Å². The number of hydrazine groups is 1. The van der Waals surface area contributed by atoms with Crippen LogP contribution >= 0.6 is 24.0 Å². The van der Waals surface area contributed by atoms with E-state index in [2.05, 4.69) is 16.2 Å². The van der Waals surface area contributed by atoms with E-state index in [0.717, 1.165) is 21.8 Å². The highest BCUT2D eigenvalue weighted by Crippen LogP contribution is 2.21. The first-order valence-electron chi connectivity index (χ1n) is 7.72. The van der Waals surface area contributed by atoms with Crippen LogP contribution in [-0.4, -0.2) is 23.9 Å². The molecule has 132 valence electrons. The van der Waals surface area contributed by atoms with E-state index in [1.54, 1.807) is 7.11 Å². The molecule has 0 saturated heterocycles. The van der Waals surface area contributed by atoms with Gasteiger partial charge in [-0.15, -0.1) is 11.8 Å². The number of thioether (sulfide) groups is 1. The zero-order valence-electron chi connectivity index (χ0n) is 14.2. The van der Waals surface area contributed by atoms with Gasteiger partial charge in [-0.05, 0) is 48.5 Å². The fourth-order valence-electron chi connectivity index (χ4n) is 1.99. The van der Waals surface area contributed by atoms with E-state index in [1.807, 2.05) is 55.5 Å². The van der Waals surface area contributed by atoms with Gasteiger partial charge in [-0.1, -0.05) is 30.3 Å². The maximum Gasteiger partial charge on any atom is 0.248 e. The number of carbonyl (C=O) groups is 1. The van der Waals surface area contributed by atoms with Gasteiger partial charge >= 0.3 is 0 Å². The smallest absolute Gasteiger partial charge is 0.248 e. The molecule has 0 spiro atoms. The molecule has 0 aliphatic rings. The maximum absolute atomic E-state index is 11.9. The van der Waals surface area contributed by atoms with Gasteiger partial charge in [-0.2, -0.15) is 0 Å². The Bertz CT molecular complexity index is 721. The first kappa shape index (κ1) is 19.1. The van der Waals surface area contributed by atoms with Gasteiger partial charge < -0.3 is 10.1 Å². The van der Waals surface area contributed by atoms with Crippen LogP contribution in [0.3, 0.4) is 0 Å². The molecular weight excluding hydrogens is 354 g/mol. The van der Waals surface area contributed by atoms with Crippen molar-refractivity contribution in [3.8, 4) is 5.75 Å². The number of amides is 1. The lowest BCUT2D eigenvalue weighted by Crippen LogP contribution is -2.47. The van der Waals surface area contributed by atoms with E-state index in [1.165, 1.54) is 11.8 Å².